The Morgan fingerprint density at radius 1 is 1.28 bits per heavy atom. The van der Waals surface area contributed by atoms with Gasteiger partial charge in [-0.2, -0.15) is 0 Å². The third-order valence-electron chi connectivity index (χ3n) is 5.17. The fourth-order valence-corrected chi connectivity index (χ4v) is 3.55. The highest BCUT2D eigenvalue weighted by molar-refractivity contribution is 6.00. The molecule has 0 aliphatic carbocycles. The van der Waals surface area contributed by atoms with Crippen molar-refractivity contribution in [3.8, 4) is 5.75 Å². The van der Waals surface area contributed by atoms with Crippen LogP contribution in [0.15, 0.2) is 41.6 Å². The number of amides is 1. The summed E-state index contributed by atoms with van der Waals surface area (Å²) in [6.45, 7) is 0.614. The molecule has 170 valence electrons. The van der Waals surface area contributed by atoms with E-state index in [2.05, 4.69) is 20.8 Å². The van der Waals surface area contributed by atoms with Gasteiger partial charge in [0.25, 0.3) is 5.92 Å². The Balaban J connectivity index is 1.29. The lowest BCUT2D eigenvalue weighted by atomic mass is 10.2. The molecule has 2 aliphatic rings. The molecule has 0 radical (unpaired) electrons. The number of carbonyl (C=O) groups excluding carboxylic acids is 1. The van der Waals surface area contributed by atoms with Crippen molar-refractivity contribution < 1.29 is 22.7 Å². The molecule has 1 fully saturated rings. The van der Waals surface area contributed by atoms with Gasteiger partial charge in [-0.3, -0.25) is 4.79 Å². The Kier molecular flexibility index (Phi) is 6.17. The number of hydrogen-bond donors (Lipinski definition) is 2. The minimum atomic E-state index is -2.69. The van der Waals surface area contributed by atoms with Gasteiger partial charge in [0.15, 0.2) is 11.6 Å². The van der Waals surface area contributed by atoms with Crippen molar-refractivity contribution in [3.05, 3.63) is 53.5 Å². The number of benzene rings is 1. The lowest BCUT2D eigenvalue weighted by molar-refractivity contribution is -0.119. The molecule has 0 bridgehead atoms. The lowest BCUT2D eigenvalue weighted by Crippen LogP contribution is -2.35. The molecule has 32 heavy (non-hydrogen) atoms. The molecule has 11 heteroatoms. The number of amidine groups is 1. The summed E-state index contributed by atoms with van der Waals surface area (Å²) in [6, 6.07) is 7.90. The number of halogens is 3. The van der Waals surface area contributed by atoms with Crippen LogP contribution < -0.4 is 20.4 Å². The number of pyridine rings is 1. The van der Waals surface area contributed by atoms with Crippen molar-refractivity contribution in [1.29, 1.82) is 0 Å². The summed E-state index contributed by atoms with van der Waals surface area (Å²) in [5, 5.41) is 8.59. The first-order valence-corrected chi connectivity index (χ1v) is 10.1. The van der Waals surface area contributed by atoms with E-state index in [-0.39, 0.29) is 37.6 Å². The number of nitrogens with zero attached hydrogens (tertiary/aromatic N) is 4. The maximum absolute atomic E-state index is 13.5. The van der Waals surface area contributed by atoms with Crippen LogP contribution in [0.3, 0.4) is 0 Å². The second-order valence-corrected chi connectivity index (χ2v) is 7.69. The molecule has 2 aromatic rings. The molecule has 2 N–H and O–H groups in total. The third-order valence-corrected chi connectivity index (χ3v) is 5.17. The molecule has 3 heterocycles. The quantitative estimate of drug-likeness (QED) is 0.704. The van der Waals surface area contributed by atoms with Gasteiger partial charge in [0.1, 0.15) is 11.7 Å². The highest BCUT2D eigenvalue weighted by Gasteiger charge is 2.38. The Morgan fingerprint density at radius 2 is 2.09 bits per heavy atom. The summed E-state index contributed by atoms with van der Waals surface area (Å²) in [5.74, 6) is -2.32. The summed E-state index contributed by atoms with van der Waals surface area (Å²) in [7, 11) is 1.40. The van der Waals surface area contributed by atoms with Crippen LogP contribution in [-0.4, -0.2) is 54.5 Å². The normalized spacial score (nSPS) is 17.4. The molecule has 0 unspecified atom stereocenters. The van der Waals surface area contributed by atoms with Gasteiger partial charge >= 0.3 is 0 Å². The van der Waals surface area contributed by atoms with Crippen LogP contribution in [0.25, 0.3) is 0 Å². The van der Waals surface area contributed by atoms with Gasteiger partial charge in [0.05, 0.1) is 33.2 Å². The first kappa shape index (κ1) is 21.9. The number of rotatable bonds is 6. The van der Waals surface area contributed by atoms with Crippen LogP contribution in [0.2, 0.25) is 0 Å². The van der Waals surface area contributed by atoms with Crippen molar-refractivity contribution in [1.82, 2.24) is 20.8 Å². The molecule has 8 nitrogen and oxygen atoms in total. The standard InChI is InChI=1S/C21H23F3N6O2/c1-32-17-8-15(2-4-16(17)22)12-30-26-11-18(28-30)27-20(31)9-14-3-5-19(25-10-14)29-7-6-21(23,24)13-29/h2-5,8,10,26H,6-7,9,11-13H2,1H3,(H,27,28,31). The van der Waals surface area contributed by atoms with Crippen LogP contribution in [0.4, 0.5) is 19.0 Å². The number of ether oxygens (including phenoxy) is 1. The van der Waals surface area contributed by atoms with E-state index in [0.29, 0.717) is 30.3 Å². The van der Waals surface area contributed by atoms with Crippen LogP contribution in [0, 0.1) is 5.82 Å². The van der Waals surface area contributed by atoms with E-state index in [9.17, 15) is 18.0 Å². The topological polar surface area (TPSA) is 82.1 Å². The predicted octanol–water partition coefficient (Wildman–Crippen LogP) is 2.07. The number of nitrogens with one attached hydrogen (secondary N) is 2. The van der Waals surface area contributed by atoms with Crippen molar-refractivity contribution in [2.75, 3.05) is 31.6 Å². The maximum Gasteiger partial charge on any atom is 0.266 e. The van der Waals surface area contributed by atoms with E-state index in [1.165, 1.54) is 24.3 Å². The van der Waals surface area contributed by atoms with Crippen molar-refractivity contribution in [2.45, 2.75) is 25.3 Å². The van der Waals surface area contributed by atoms with Crippen molar-refractivity contribution in [3.63, 3.8) is 0 Å². The molecule has 4 rings (SSSR count). The van der Waals surface area contributed by atoms with E-state index in [4.69, 9.17) is 4.74 Å². The zero-order chi connectivity index (χ0) is 22.7. The summed E-state index contributed by atoms with van der Waals surface area (Å²) < 4.78 is 45.2. The van der Waals surface area contributed by atoms with E-state index in [0.717, 1.165) is 5.56 Å². The molecular weight excluding hydrogens is 425 g/mol. The highest BCUT2D eigenvalue weighted by atomic mass is 19.3. The molecule has 1 saturated heterocycles. The number of anilines is 1. The van der Waals surface area contributed by atoms with E-state index < -0.39 is 11.7 Å². The van der Waals surface area contributed by atoms with Crippen LogP contribution in [-0.2, 0) is 17.8 Å². The Bertz CT molecular complexity index is 1020. The van der Waals surface area contributed by atoms with E-state index in [1.807, 2.05) is 0 Å². The molecule has 0 saturated carbocycles. The minimum Gasteiger partial charge on any atom is -0.494 e. The van der Waals surface area contributed by atoms with Gasteiger partial charge in [-0.05, 0) is 29.3 Å². The molecule has 1 aromatic heterocycles. The van der Waals surface area contributed by atoms with Gasteiger partial charge in [-0.25, -0.2) is 28.7 Å². The summed E-state index contributed by atoms with van der Waals surface area (Å²) in [5.41, 5.74) is 4.47. The number of aromatic nitrogens is 1. The summed E-state index contributed by atoms with van der Waals surface area (Å²) >= 11 is 0. The van der Waals surface area contributed by atoms with Crippen LogP contribution in [0.1, 0.15) is 17.5 Å². The molecule has 0 atom stereocenters. The van der Waals surface area contributed by atoms with Gasteiger partial charge in [0.2, 0.25) is 5.91 Å². The molecule has 2 aliphatic heterocycles. The fraction of sp³-hybridized carbons (Fsp3) is 0.381. The van der Waals surface area contributed by atoms with Crippen LogP contribution >= 0.6 is 0 Å². The minimum absolute atomic E-state index is 0.0810. The van der Waals surface area contributed by atoms with E-state index >= 15 is 0 Å². The number of hydrogen-bond acceptors (Lipinski definition) is 7. The monoisotopic (exact) mass is 448 g/mol. The second-order valence-electron chi connectivity index (χ2n) is 7.69. The molecule has 1 amide bonds. The molecular formula is C21H23F3N6O2. The third kappa shape index (κ3) is 5.28. The van der Waals surface area contributed by atoms with Crippen molar-refractivity contribution >= 4 is 17.6 Å². The average molecular weight is 448 g/mol. The Morgan fingerprint density at radius 3 is 2.78 bits per heavy atom. The van der Waals surface area contributed by atoms with Crippen molar-refractivity contribution in [2.24, 2.45) is 5.10 Å². The first-order chi connectivity index (χ1) is 15.3. The summed E-state index contributed by atoms with van der Waals surface area (Å²) in [4.78, 5) is 18.1. The van der Waals surface area contributed by atoms with E-state index in [1.54, 1.807) is 29.4 Å². The number of alkyl halides is 2. The Hall–Kier alpha value is -3.34. The zero-order valence-corrected chi connectivity index (χ0v) is 17.4. The van der Waals surface area contributed by atoms with Gasteiger partial charge < -0.3 is 15.0 Å². The largest absolute Gasteiger partial charge is 0.494 e. The Labute approximate surface area is 183 Å². The number of hydrazine groups is 1. The zero-order valence-electron chi connectivity index (χ0n) is 17.4. The average Bonchev–Trinajstić information content (AvgIpc) is 3.35. The lowest BCUT2D eigenvalue weighted by Gasteiger charge is -2.17. The van der Waals surface area contributed by atoms with Gasteiger partial charge in [-0.15, -0.1) is 5.10 Å². The number of methoxy groups -OCH3 is 1. The number of carbonyl (C=O) groups is 1. The highest BCUT2D eigenvalue weighted by Crippen LogP contribution is 2.29. The smallest absolute Gasteiger partial charge is 0.266 e. The summed E-state index contributed by atoms with van der Waals surface area (Å²) in [6.07, 6.45) is 1.42. The van der Waals surface area contributed by atoms with Gasteiger partial charge in [0, 0.05) is 19.2 Å². The molecule has 1 aromatic carbocycles. The predicted molar refractivity (Wildman–Crippen MR) is 112 cm³/mol. The van der Waals surface area contributed by atoms with Gasteiger partial charge in [-0.1, -0.05) is 12.1 Å². The first-order valence-electron chi connectivity index (χ1n) is 10.1. The number of hydrazone groups is 1. The fourth-order valence-electron chi connectivity index (χ4n) is 3.55. The van der Waals surface area contributed by atoms with Crippen LogP contribution in [0.5, 0.6) is 5.75 Å². The SMILES string of the molecule is COc1cc(CN2N=C(NC(=O)Cc3ccc(N4CCC(F)(F)C4)nc3)CN2)ccc1F. The maximum atomic E-state index is 13.5. The molecule has 0 spiro atoms. The second kappa shape index (κ2) is 9.03.